The highest BCUT2D eigenvalue weighted by atomic mass is 79.9. The molecule has 1 aromatic carbocycles. The molecule has 3 aliphatic rings. The Hall–Kier alpha value is -1.00. The lowest BCUT2D eigenvalue weighted by Gasteiger charge is -2.50. The molecule has 2 spiro atoms. The minimum Gasteiger partial charge on any atom is -0.381 e. The van der Waals surface area contributed by atoms with Crippen LogP contribution in [0, 0.1) is 17.3 Å². The summed E-state index contributed by atoms with van der Waals surface area (Å²) in [5.74, 6) is 1.02. The fraction of sp³-hybridized carbons (Fsp3) is 0.619. The van der Waals surface area contributed by atoms with E-state index in [0.29, 0.717) is 17.9 Å². The number of rotatable bonds is 1. The Morgan fingerprint density at radius 2 is 1.68 bits per heavy atom. The number of halogens is 1. The lowest BCUT2D eigenvalue weighted by molar-refractivity contribution is -0.0729. The van der Waals surface area contributed by atoms with E-state index in [2.05, 4.69) is 61.8 Å². The fourth-order valence-electron chi connectivity index (χ4n) is 5.83. The van der Waals surface area contributed by atoms with Crippen LogP contribution in [0.5, 0.6) is 0 Å². The highest BCUT2D eigenvalue weighted by Crippen LogP contribution is 2.63. The third-order valence-electron chi connectivity index (χ3n) is 6.72. The normalized spacial score (nSPS) is 35.8. The fourth-order valence-corrected chi connectivity index (χ4v) is 6.19. The molecule has 0 amide bonds. The van der Waals surface area contributed by atoms with Gasteiger partial charge < -0.3 is 4.74 Å². The van der Waals surface area contributed by atoms with Gasteiger partial charge in [-0.15, -0.1) is 0 Å². The monoisotopic (exact) mass is 402 g/mol. The van der Waals surface area contributed by atoms with Crippen molar-refractivity contribution in [1.29, 1.82) is 0 Å². The van der Waals surface area contributed by atoms with Crippen LogP contribution in [0.15, 0.2) is 32.7 Å². The van der Waals surface area contributed by atoms with Gasteiger partial charge in [0.1, 0.15) is 0 Å². The summed E-state index contributed by atoms with van der Waals surface area (Å²) in [4.78, 5) is 10.5. The first-order chi connectivity index (χ1) is 11.8. The number of benzene rings is 1. The molecule has 2 unspecified atom stereocenters. The van der Waals surface area contributed by atoms with Crippen molar-refractivity contribution >= 4 is 27.4 Å². The average Bonchev–Trinajstić information content (AvgIpc) is 2.96. The molecule has 0 N–H and O–H groups in total. The van der Waals surface area contributed by atoms with E-state index in [9.17, 15) is 0 Å². The molecule has 2 aliphatic carbocycles. The first-order valence-electron chi connectivity index (χ1n) is 9.27. The maximum atomic E-state index is 5.83. The maximum absolute atomic E-state index is 5.83. The Morgan fingerprint density at radius 1 is 1.08 bits per heavy atom. The van der Waals surface area contributed by atoms with Gasteiger partial charge in [0.25, 0.3) is 0 Å². The molecule has 1 aliphatic heterocycles. The third-order valence-corrected chi connectivity index (χ3v) is 7.21. The van der Waals surface area contributed by atoms with Gasteiger partial charge in [0.15, 0.2) is 5.66 Å². The quantitative estimate of drug-likeness (QED) is 0.638. The third kappa shape index (κ3) is 2.33. The van der Waals surface area contributed by atoms with Gasteiger partial charge in [0, 0.05) is 22.6 Å². The molecule has 0 saturated heterocycles. The predicted octanol–water partition coefficient (Wildman–Crippen LogP) is 5.16. The van der Waals surface area contributed by atoms with Crippen LogP contribution in [0.3, 0.4) is 0 Å². The van der Waals surface area contributed by atoms with Gasteiger partial charge in [-0.25, -0.2) is 0 Å². The molecule has 1 aromatic rings. The van der Waals surface area contributed by atoms with Crippen LogP contribution in [-0.2, 0) is 16.8 Å². The summed E-state index contributed by atoms with van der Waals surface area (Å²) in [6.07, 6.45) is 3.61. The zero-order valence-electron chi connectivity index (χ0n) is 15.8. The van der Waals surface area contributed by atoms with Crippen molar-refractivity contribution in [3.63, 3.8) is 0 Å². The number of hydrogen-bond donors (Lipinski definition) is 0. The van der Waals surface area contributed by atoms with E-state index in [4.69, 9.17) is 14.7 Å². The van der Waals surface area contributed by atoms with Crippen molar-refractivity contribution in [1.82, 2.24) is 0 Å². The molecular weight excluding hydrogens is 376 g/mol. The molecule has 1 fully saturated rings. The summed E-state index contributed by atoms with van der Waals surface area (Å²) in [5, 5.41) is 0. The number of methoxy groups -OCH3 is 1. The molecule has 4 atom stereocenters. The molecular formula is C21H27BrN2O. The van der Waals surface area contributed by atoms with Crippen molar-refractivity contribution < 1.29 is 4.74 Å². The van der Waals surface area contributed by atoms with Crippen molar-refractivity contribution in [2.75, 3.05) is 7.11 Å². The Bertz CT molecular complexity index is 752. The lowest BCUT2D eigenvalue weighted by Crippen LogP contribution is -2.49. The number of fused-ring (bicyclic) bond motifs is 3. The highest BCUT2D eigenvalue weighted by Gasteiger charge is 2.62. The van der Waals surface area contributed by atoms with Crippen LogP contribution in [0.2, 0.25) is 0 Å². The van der Waals surface area contributed by atoms with E-state index in [1.807, 2.05) is 7.11 Å². The van der Waals surface area contributed by atoms with Gasteiger partial charge >= 0.3 is 0 Å². The molecule has 25 heavy (non-hydrogen) atoms. The smallest absolute Gasteiger partial charge is 0.182 e. The van der Waals surface area contributed by atoms with Crippen molar-refractivity contribution in [2.24, 2.45) is 27.2 Å². The Balaban J connectivity index is 1.90. The SMILES string of the molecule is COC1[C@H](C)CC2(Cc3ccc(Br)cc3C23N=C(C)C(C)=N3)C[C@@H]1C. The van der Waals surface area contributed by atoms with Crippen LogP contribution < -0.4 is 0 Å². The van der Waals surface area contributed by atoms with E-state index >= 15 is 0 Å². The predicted molar refractivity (Wildman–Crippen MR) is 107 cm³/mol. The van der Waals surface area contributed by atoms with Gasteiger partial charge in [-0.05, 0) is 62.6 Å². The summed E-state index contributed by atoms with van der Waals surface area (Å²) >= 11 is 3.67. The average molecular weight is 403 g/mol. The number of aliphatic imine (C=N–C) groups is 2. The van der Waals surface area contributed by atoms with E-state index in [1.54, 1.807) is 0 Å². The second kappa shape index (κ2) is 5.75. The second-order valence-electron chi connectivity index (χ2n) is 8.39. The minimum atomic E-state index is -0.443. The largest absolute Gasteiger partial charge is 0.381 e. The van der Waals surface area contributed by atoms with Crippen LogP contribution in [0.1, 0.15) is 51.7 Å². The highest BCUT2D eigenvalue weighted by molar-refractivity contribution is 9.10. The number of hydrogen-bond acceptors (Lipinski definition) is 3. The molecule has 1 saturated carbocycles. The minimum absolute atomic E-state index is 0.0585. The van der Waals surface area contributed by atoms with Gasteiger partial charge in [-0.2, -0.15) is 0 Å². The molecule has 1 heterocycles. The number of nitrogens with zero attached hydrogens (tertiary/aromatic N) is 2. The summed E-state index contributed by atoms with van der Waals surface area (Å²) in [6.45, 7) is 8.87. The van der Waals surface area contributed by atoms with E-state index in [0.717, 1.165) is 35.2 Å². The molecule has 134 valence electrons. The Morgan fingerprint density at radius 3 is 2.24 bits per heavy atom. The standard InChI is InChI=1S/C21H27BrN2O/c1-12-9-20(10-13(2)19(12)25-5)11-16-6-7-17(22)8-18(16)21(20)23-14(3)15(4)24-21/h6-8,12-13,19H,9-11H2,1-5H3/t12-,13+,19?,20?. The van der Waals surface area contributed by atoms with Crippen molar-refractivity contribution in [2.45, 2.75) is 58.7 Å². The van der Waals surface area contributed by atoms with E-state index in [1.165, 1.54) is 11.1 Å². The molecule has 0 radical (unpaired) electrons. The number of ether oxygens (including phenoxy) is 1. The van der Waals surface area contributed by atoms with Crippen LogP contribution in [0.25, 0.3) is 0 Å². The van der Waals surface area contributed by atoms with Crippen LogP contribution >= 0.6 is 15.9 Å². The zero-order chi connectivity index (χ0) is 18.0. The first-order valence-corrected chi connectivity index (χ1v) is 10.1. The lowest BCUT2D eigenvalue weighted by atomic mass is 9.59. The second-order valence-corrected chi connectivity index (χ2v) is 9.30. The van der Waals surface area contributed by atoms with Crippen molar-refractivity contribution in [3.8, 4) is 0 Å². The van der Waals surface area contributed by atoms with Crippen LogP contribution in [-0.4, -0.2) is 24.6 Å². The van der Waals surface area contributed by atoms with Gasteiger partial charge in [0.2, 0.25) is 0 Å². The molecule has 4 heteroatoms. The Labute approximate surface area is 159 Å². The topological polar surface area (TPSA) is 34.0 Å². The van der Waals surface area contributed by atoms with Gasteiger partial charge in [-0.3, -0.25) is 9.98 Å². The first kappa shape index (κ1) is 17.4. The van der Waals surface area contributed by atoms with Gasteiger partial charge in [0.05, 0.1) is 17.5 Å². The molecule has 4 rings (SSSR count). The summed E-state index contributed by atoms with van der Waals surface area (Å²) in [7, 11) is 1.85. The summed E-state index contributed by atoms with van der Waals surface area (Å²) < 4.78 is 6.94. The summed E-state index contributed by atoms with van der Waals surface area (Å²) in [6, 6.07) is 6.67. The van der Waals surface area contributed by atoms with E-state index < -0.39 is 5.66 Å². The summed E-state index contributed by atoms with van der Waals surface area (Å²) in [5.41, 5.74) is 4.49. The van der Waals surface area contributed by atoms with Crippen LogP contribution in [0.4, 0.5) is 0 Å². The zero-order valence-corrected chi connectivity index (χ0v) is 17.4. The maximum Gasteiger partial charge on any atom is 0.182 e. The Kier molecular flexibility index (Phi) is 4.01. The molecule has 0 aromatic heterocycles. The van der Waals surface area contributed by atoms with E-state index in [-0.39, 0.29) is 5.41 Å². The molecule has 3 nitrogen and oxygen atoms in total. The molecule has 0 bridgehead atoms. The van der Waals surface area contributed by atoms with Crippen molar-refractivity contribution in [3.05, 3.63) is 33.8 Å². The van der Waals surface area contributed by atoms with Gasteiger partial charge in [-0.1, -0.05) is 35.8 Å².